The molecule has 0 spiro atoms. The maximum Gasteiger partial charge on any atom is 0.326 e. The van der Waals surface area contributed by atoms with E-state index < -0.39 is 0 Å². The van der Waals surface area contributed by atoms with Crippen molar-refractivity contribution in [1.29, 1.82) is 0 Å². The molecule has 0 saturated heterocycles. The Bertz CT molecular complexity index is 682. The molecular weight excluding hydrogens is 245 g/mol. The van der Waals surface area contributed by atoms with E-state index in [0.717, 1.165) is 5.56 Å². The molecule has 3 aromatic rings. The van der Waals surface area contributed by atoms with Gasteiger partial charge in [-0.15, -0.1) is 0 Å². The molecule has 0 amide bonds. The van der Waals surface area contributed by atoms with Gasteiger partial charge < -0.3 is 9.84 Å². The summed E-state index contributed by atoms with van der Waals surface area (Å²) < 4.78 is 18.1. The molecule has 2 aromatic carbocycles. The van der Waals surface area contributed by atoms with Gasteiger partial charge in [-0.3, -0.25) is 0 Å². The maximum atomic E-state index is 13.0. The van der Waals surface area contributed by atoms with Crippen molar-refractivity contribution in [2.45, 2.75) is 0 Å². The molecule has 0 saturated carbocycles. The van der Waals surface area contributed by atoms with Crippen LogP contribution in [-0.2, 0) is 0 Å². The fourth-order valence-electron chi connectivity index (χ4n) is 1.67. The van der Waals surface area contributed by atoms with E-state index >= 15 is 0 Å². The van der Waals surface area contributed by atoms with Gasteiger partial charge in [0.2, 0.25) is 5.82 Å². The topological polar surface area (TPSA) is 51.0 Å². The Hall–Kier alpha value is -2.69. The van der Waals surface area contributed by atoms with E-state index in [0.29, 0.717) is 11.5 Å². The quantitative estimate of drug-likeness (QED) is 0.776. The Kier molecular flexibility index (Phi) is 2.94. The van der Waals surface area contributed by atoms with Crippen LogP contribution >= 0.6 is 0 Å². The second-order valence-electron chi connectivity index (χ2n) is 3.92. The van der Waals surface area contributed by atoms with Crippen LogP contribution < -0.4 is 5.32 Å². The Morgan fingerprint density at radius 3 is 2.63 bits per heavy atom. The van der Waals surface area contributed by atoms with Crippen LogP contribution in [0.3, 0.4) is 0 Å². The summed E-state index contributed by atoms with van der Waals surface area (Å²) in [5.41, 5.74) is 1.42. The zero-order valence-corrected chi connectivity index (χ0v) is 9.88. The average Bonchev–Trinajstić information content (AvgIpc) is 2.88. The smallest absolute Gasteiger partial charge is 0.315 e. The SMILES string of the molecule is Fc1cccc(Nc2nc(-c3ccccc3)no2)c1. The first-order chi connectivity index (χ1) is 9.31. The average molecular weight is 255 g/mol. The van der Waals surface area contributed by atoms with E-state index in [1.54, 1.807) is 12.1 Å². The molecule has 0 aliphatic heterocycles. The Balaban J connectivity index is 1.82. The molecule has 0 bridgehead atoms. The highest BCUT2D eigenvalue weighted by atomic mass is 19.1. The molecule has 1 heterocycles. The van der Waals surface area contributed by atoms with E-state index in [4.69, 9.17) is 4.52 Å². The first-order valence-corrected chi connectivity index (χ1v) is 5.73. The van der Waals surface area contributed by atoms with E-state index in [1.807, 2.05) is 30.3 Å². The highest BCUT2D eigenvalue weighted by Gasteiger charge is 2.08. The fraction of sp³-hybridized carbons (Fsp3) is 0. The maximum absolute atomic E-state index is 13.0. The molecule has 0 atom stereocenters. The lowest BCUT2D eigenvalue weighted by molar-refractivity contribution is 0.435. The van der Waals surface area contributed by atoms with Crippen molar-refractivity contribution in [3.8, 4) is 11.4 Å². The fourth-order valence-corrected chi connectivity index (χ4v) is 1.67. The van der Waals surface area contributed by atoms with Crippen molar-refractivity contribution in [2.75, 3.05) is 5.32 Å². The minimum Gasteiger partial charge on any atom is -0.315 e. The minimum atomic E-state index is -0.326. The summed E-state index contributed by atoms with van der Waals surface area (Å²) in [7, 11) is 0. The van der Waals surface area contributed by atoms with E-state index in [2.05, 4.69) is 15.5 Å². The van der Waals surface area contributed by atoms with Gasteiger partial charge in [-0.1, -0.05) is 41.6 Å². The first kappa shape index (κ1) is 11.4. The lowest BCUT2D eigenvalue weighted by atomic mass is 10.2. The van der Waals surface area contributed by atoms with Crippen LogP contribution in [0.1, 0.15) is 0 Å². The van der Waals surface area contributed by atoms with Crippen molar-refractivity contribution in [3.05, 3.63) is 60.4 Å². The predicted octanol–water partition coefficient (Wildman–Crippen LogP) is 3.62. The lowest BCUT2D eigenvalue weighted by Gasteiger charge is -1.99. The first-order valence-electron chi connectivity index (χ1n) is 5.73. The van der Waals surface area contributed by atoms with Gasteiger partial charge in [0, 0.05) is 11.3 Å². The highest BCUT2D eigenvalue weighted by Crippen LogP contribution is 2.20. The minimum absolute atomic E-state index is 0.226. The van der Waals surface area contributed by atoms with Crippen LogP contribution in [0.5, 0.6) is 0 Å². The van der Waals surface area contributed by atoms with Crippen molar-refractivity contribution in [1.82, 2.24) is 10.1 Å². The van der Waals surface area contributed by atoms with Gasteiger partial charge >= 0.3 is 6.01 Å². The summed E-state index contributed by atoms with van der Waals surface area (Å²) >= 11 is 0. The van der Waals surface area contributed by atoms with Crippen molar-refractivity contribution < 1.29 is 8.91 Å². The molecule has 94 valence electrons. The number of hydrogen-bond donors (Lipinski definition) is 1. The second-order valence-corrected chi connectivity index (χ2v) is 3.92. The summed E-state index contributed by atoms with van der Waals surface area (Å²) in [6.45, 7) is 0. The van der Waals surface area contributed by atoms with Crippen LogP contribution in [0.2, 0.25) is 0 Å². The van der Waals surface area contributed by atoms with Gasteiger partial charge in [0.1, 0.15) is 5.82 Å². The normalized spacial score (nSPS) is 10.4. The molecule has 5 heteroatoms. The van der Waals surface area contributed by atoms with E-state index in [9.17, 15) is 4.39 Å². The van der Waals surface area contributed by atoms with Crippen molar-refractivity contribution in [2.24, 2.45) is 0 Å². The highest BCUT2D eigenvalue weighted by molar-refractivity contribution is 5.57. The molecule has 0 fully saturated rings. The second kappa shape index (κ2) is 4.89. The zero-order chi connectivity index (χ0) is 13.1. The summed E-state index contributed by atoms with van der Waals surface area (Å²) in [5, 5.41) is 6.72. The standard InChI is InChI=1S/C14H10FN3O/c15-11-7-4-8-12(9-11)16-14-17-13(18-19-14)10-5-2-1-3-6-10/h1-9H,(H,16,17,18). The van der Waals surface area contributed by atoms with Gasteiger partial charge in [0.15, 0.2) is 0 Å². The predicted molar refractivity (Wildman–Crippen MR) is 69.4 cm³/mol. The van der Waals surface area contributed by atoms with E-state index in [-0.39, 0.29) is 11.8 Å². The third-order valence-corrected chi connectivity index (χ3v) is 2.53. The molecule has 0 radical (unpaired) electrons. The molecule has 1 N–H and O–H groups in total. The summed E-state index contributed by atoms with van der Waals surface area (Å²) in [6, 6.07) is 15.7. The van der Waals surface area contributed by atoms with Crippen LogP contribution in [0.4, 0.5) is 16.1 Å². The largest absolute Gasteiger partial charge is 0.326 e. The number of benzene rings is 2. The summed E-state index contributed by atoms with van der Waals surface area (Å²) in [4.78, 5) is 4.19. The third kappa shape index (κ3) is 2.60. The molecule has 3 rings (SSSR count). The zero-order valence-electron chi connectivity index (χ0n) is 9.88. The van der Waals surface area contributed by atoms with Crippen molar-refractivity contribution >= 4 is 11.7 Å². The Morgan fingerprint density at radius 2 is 1.84 bits per heavy atom. The molecular formula is C14H10FN3O. The van der Waals surface area contributed by atoms with Gasteiger partial charge in [-0.25, -0.2) is 4.39 Å². The van der Waals surface area contributed by atoms with Crippen LogP contribution in [0, 0.1) is 5.82 Å². The molecule has 0 unspecified atom stereocenters. The van der Waals surface area contributed by atoms with Crippen LogP contribution in [0.15, 0.2) is 59.1 Å². The molecule has 4 nitrogen and oxygen atoms in total. The summed E-state index contributed by atoms with van der Waals surface area (Å²) in [5.74, 6) is 0.160. The monoisotopic (exact) mass is 255 g/mol. The van der Waals surface area contributed by atoms with E-state index in [1.165, 1.54) is 12.1 Å². The van der Waals surface area contributed by atoms with Gasteiger partial charge in [0.05, 0.1) is 0 Å². The molecule has 19 heavy (non-hydrogen) atoms. The number of nitrogens with zero attached hydrogens (tertiary/aromatic N) is 2. The molecule has 0 aliphatic rings. The van der Waals surface area contributed by atoms with Crippen molar-refractivity contribution in [3.63, 3.8) is 0 Å². The number of rotatable bonds is 3. The molecule has 1 aromatic heterocycles. The Labute approximate surface area is 108 Å². The molecule has 0 aliphatic carbocycles. The number of aromatic nitrogens is 2. The van der Waals surface area contributed by atoms with Gasteiger partial charge in [-0.2, -0.15) is 4.98 Å². The van der Waals surface area contributed by atoms with Crippen LogP contribution in [-0.4, -0.2) is 10.1 Å². The summed E-state index contributed by atoms with van der Waals surface area (Å²) in [6.07, 6.45) is 0. The number of nitrogens with one attached hydrogen (secondary N) is 1. The van der Waals surface area contributed by atoms with Gasteiger partial charge in [0.25, 0.3) is 0 Å². The third-order valence-electron chi connectivity index (χ3n) is 2.53. The number of hydrogen-bond acceptors (Lipinski definition) is 4. The lowest BCUT2D eigenvalue weighted by Crippen LogP contribution is -1.90. The van der Waals surface area contributed by atoms with Crippen LogP contribution in [0.25, 0.3) is 11.4 Å². The Morgan fingerprint density at radius 1 is 1.00 bits per heavy atom. The van der Waals surface area contributed by atoms with Gasteiger partial charge in [-0.05, 0) is 18.2 Å². The number of anilines is 2. The number of halogens is 1.